The Morgan fingerprint density at radius 2 is 1.91 bits per heavy atom. The Labute approximate surface area is 137 Å². The second-order valence-corrected chi connectivity index (χ2v) is 6.18. The zero-order valence-corrected chi connectivity index (χ0v) is 14.3. The van der Waals surface area contributed by atoms with Crippen LogP contribution in [0.1, 0.15) is 23.1 Å². The average Bonchev–Trinajstić information content (AvgIpc) is 2.49. The SMILES string of the molecule is Cc1ccc(-c2ccc(C#N)c(=O)n2CCCN(C)C)c(C)c1. The first kappa shape index (κ1) is 17.0. The molecule has 0 aliphatic rings. The molecule has 120 valence electrons. The lowest BCUT2D eigenvalue weighted by Crippen LogP contribution is -2.26. The highest BCUT2D eigenvalue weighted by Gasteiger charge is 2.12. The van der Waals surface area contributed by atoms with Crippen LogP contribution >= 0.6 is 0 Å². The molecule has 1 aromatic carbocycles. The fourth-order valence-electron chi connectivity index (χ4n) is 2.77. The normalized spacial score (nSPS) is 10.8. The summed E-state index contributed by atoms with van der Waals surface area (Å²) in [5.74, 6) is 0. The van der Waals surface area contributed by atoms with Gasteiger partial charge in [0.2, 0.25) is 0 Å². The first-order chi connectivity index (χ1) is 10.9. The number of aromatic nitrogens is 1. The van der Waals surface area contributed by atoms with Crippen LogP contribution in [-0.4, -0.2) is 30.1 Å². The van der Waals surface area contributed by atoms with E-state index >= 15 is 0 Å². The molecule has 0 aliphatic heterocycles. The van der Waals surface area contributed by atoms with Crippen LogP contribution in [0, 0.1) is 25.2 Å². The molecule has 0 fully saturated rings. The second-order valence-electron chi connectivity index (χ2n) is 6.18. The molecular weight excluding hydrogens is 286 g/mol. The number of nitrogens with zero attached hydrogens (tertiary/aromatic N) is 3. The predicted molar refractivity (Wildman–Crippen MR) is 93.5 cm³/mol. The molecule has 0 N–H and O–H groups in total. The van der Waals surface area contributed by atoms with Crippen LogP contribution in [0.3, 0.4) is 0 Å². The first-order valence-corrected chi connectivity index (χ1v) is 7.80. The highest BCUT2D eigenvalue weighted by molar-refractivity contribution is 5.65. The Balaban J connectivity index is 2.52. The van der Waals surface area contributed by atoms with E-state index in [0.717, 1.165) is 29.8 Å². The Hall–Kier alpha value is -2.38. The number of hydrogen-bond acceptors (Lipinski definition) is 3. The molecule has 1 heterocycles. The number of aryl methyl sites for hydroxylation is 2. The fourth-order valence-corrected chi connectivity index (χ4v) is 2.77. The van der Waals surface area contributed by atoms with Crippen LogP contribution in [0.5, 0.6) is 0 Å². The molecule has 2 aromatic rings. The van der Waals surface area contributed by atoms with Gasteiger partial charge < -0.3 is 9.47 Å². The number of hydrogen-bond donors (Lipinski definition) is 0. The van der Waals surface area contributed by atoms with Crippen molar-refractivity contribution in [3.63, 3.8) is 0 Å². The van der Waals surface area contributed by atoms with Crippen molar-refractivity contribution in [2.75, 3.05) is 20.6 Å². The van der Waals surface area contributed by atoms with Crippen molar-refractivity contribution < 1.29 is 0 Å². The molecule has 0 unspecified atom stereocenters. The summed E-state index contributed by atoms with van der Waals surface area (Å²) in [6.45, 7) is 5.61. The van der Waals surface area contributed by atoms with Crippen LogP contribution in [0.2, 0.25) is 0 Å². The lowest BCUT2D eigenvalue weighted by atomic mass is 10.0. The zero-order chi connectivity index (χ0) is 17.0. The molecule has 0 radical (unpaired) electrons. The van der Waals surface area contributed by atoms with Gasteiger partial charge >= 0.3 is 0 Å². The van der Waals surface area contributed by atoms with Gasteiger partial charge in [0.1, 0.15) is 11.6 Å². The molecule has 0 saturated carbocycles. The van der Waals surface area contributed by atoms with Crippen LogP contribution in [0.15, 0.2) is 35.1 Å². The highest BCUT2D eigenvalue weighted by atomic mass is 16.1. The lowest BCUT2D eigenvalue weighted by molar-refractivity contribution is 0.385. The van der Waals surface area contributed by atoms with Crippen LogP contribution in [0.4, 0.5) is 0 Å². The maximum Gasteiger partial charge on any atom is 0.268 e. The van der Waals surface area contributed by atoms with Gasteiger partial charge in [-0.25, -0.2) is 0 Å². The van der Waals surface area contributed by atoms with E-state index in [9.17, 15) is 4.79 Å². The second kappa shape index (κ2) is 7.26. The highest BCUT2D eigenvalue weighted by Crippen LogP contribution is 2.23. The van der Waals surface area contributed by atoms with Gasteiger partial charge in [0.25, 0.3) is 5.56 Å². The minimum atomic E-state index is -0.205. The Kier molecular flexibility index (Phi) is 5.36. The summed E-state index contributed by atoms with van der Waals surface area (Å²) in [6.07, 6.45) is 0.861. The monoisotopic (exact) mass is 309 g/mol. The fraction of sp³-hybridized carbons (Fsp3) is 0.368. The average molecular weight is 309 g/mol. The van der Waals surface area contributed by atoms with Gasteiger partial charge in [-0.2, -0.15) is 5.26 Å². The number of nitriles is 1. The molecule has 4 heteroatoms. The molecule has 0 aliphatic carbocycles. The predicted octanol–water partition coefficient (Wildman–Crippen LogP) is 2.96. The molecule has 4 nitrogen and oxygen atoms in total. The van der Waals surface area contributed by atoms with Gasteiger partial charge in [-0.15, -0.1) is 0 Å². The van der Waals surface area contributed by atoms with Crippen LogP contribution < -0.4 is 5.56 Å². The summed E-state index contributed by atoms with van der Waals surface area (Å²) < 4.78 is 1.74. The Morgan fingerprint density at radius 1 is 1.17 bits per heavy atom. The van der Waals surface area contributed by atoms with E-state index in [1.807, 2.05) is 32.3 Å². The molecule has 23 heavy (non-hydrogen) atoms. The van der Waals surface area contributed by atoms with E-state index in [-0.39, 0.29) is 11.1 Å². The third-order valence-electron chi connectivity index (χ3n) is 3.94. The van der Waals surface area contributed by atoms with Crippen molar-refractivity contribution >= 4 is 0 Å². The standard InChI is InChI=1S/C19H23N3O/c1-14-6-8-17(15(2)12-14)18-9-7-16(13-20)19(23)22(18)11-5-10-21(3)4/h6-9,12H,5,10-11H2,1-4H3. The van der Waals surface area contributed by atoms with E-state index in [2.05, 4.69) is 30.9 Å². The van der Waals surface area contributed by atoms with E-state index < -0.39 is 0 Å². The zero-order valence-electron chi connectivity index (χ0n) is 14.3. The summed E-state index contributed by atoms with van der Waals surface area (Å²) in [7, 11) is 4.03. The molecule has 0 amide bonds. The summed E-state index contributed by atoms with van der Waals surface area (Å²) in [4.78, 5) is 14.7. The summed E-state index contributed by atoms with van der Waals surface area (Å²) >= 11 is 0. The minimum absolute atomic E-state index is 0.198. The van der Waals surface area contributed by atoms with Crippen molar-refractivity contribution in [1.29, 1.82) is 5.26 Å². The third kappa shape index (κ3) is 3.88. The van der Waals surface area contributed by atoms with Gasteiger partial charge in [0.15, 0.2) is 0 Å². The minimum Gasteiger partial charge on any atom is -0.309 e. The van der Waals surface area contributed by atoms with Crippen LogP contribution in [-0.2, 0) is 6.54 Å². The molecule has 0 spiro atoms. The van der Waals surface area contributed by atoms with Gasteiger partial charge in [-0.05, 0) is 58.6 Å². The number of benzene rings is 1. The molecular formula is C19H23N3O. The van der Waals surface area contributed by atoms with E-state index in [1.165, 1.54) is 5.56 Å². The van der Waals surface area contributed by atoms with Crippen molar-refractivity contribution in [2.24, 2.45) is 0 Å². The van der Waals surface area contributed by atoms with Gasteiger partial charge in [0.05, 0.1) is 5.69 Å². The maximum absolute atomic E-state index is 12.6. The van der Waals surface area contributed by atoms with Crippen molar-refractivity contribution in [3.8, 4) is 17.3 Å². The van der Waals surface area contributed by atoms with Gasteiger partial charge in [-0.1, -0.05) is 23.8 Å². The Bertz CT molecular complexity index is 797. The van der Waals surface area contributed by atoms with E-state index in [4.69, 9.17) is 5.26 Å². The van der Waals surface area contributed by atoms with E-state index in [0.29, 0.717) is 6.54 Å². The quantitative estimate of drug-likeness (QED) is 0.853. The smallest absolute Gasteiger partial charge is 0.268 e. The van der Waals surface area contributed by atoms with Crippen molar-refractivity contribution in [1.82, 2.24) is 9.47 Å². The Morgan fingerprint density at radius 3 is 2.52 bits per heavy atom. The summed E-state index contributed by atoms with van der Waals surface area (Å²) in [6, 6.07) is 11.7. The number of rotatable bonds is 5. The lowest BCUT2D eigenvalue weighted by Gasteiger charge is -2.17. The molecule has 0 atom stereocenters. The van der Waals surface area contributed by atoms with Gasteiger partial charge in [-0.3, -0.25) is 4.79 Å². The molecule has 2 rings (SSSR count). The summed E-state index contributed by atoms with van der Waals surface area (Å²) in [5.41, 5.74) is 4.25. The third-order valence-corrected chi connectivity index (χ3v) is 3.94. The first-order valence-electron chi connectivity index (χ1n) is 7.80. The van der Waals surface area contributed by atoms with Crippen molar-refractivity contribution in [2.45, 2.75) is 26.8 Å². The van der Waals surface area contributed by atoms with Crippen LogP contribution in [0.25, 0.3) is 11.3 Å². The van der Waals surface area contributed by atoms with Crippen molar-refractivity contribution in [3.05, 3.63) is 57.4 Å². The summed E-state index contributed by atoms with van der Waals surface area (Å²) in [5, 5.41) is 9.14. The number of pyridine rings is 1. The van der Waals surface area contributed by atoms with Gasteiger partial charge in [0, 0.05) is 12.1 Å². The largest absolute Gasteiger partial charge is 0.309 e. The molecule has 0 saturated heterocycles. The topological polar surface area (TPSA) is 49.0 Å². The van der Waals surface area contributed by atoms with E-state index in [1.54, 1.807) is 10.6 Å². The molecule has 0 bridgehead atoms. The molecule has 1 aromatic heterocycles. The maximum atomic E-state index is 12.6.